The summed E-state index contributed by atoms with van der Waals surface area (Å²) in [6, 6.07) is 21.9. The van der Waals surface area contributed by atoms with E-state index >= 15 is 0 Å². The maximum Gasteiger partial charge on any atom is 0.266 e. The average molecular weight is 419 g/mol. The maximum atomic E-state index is 13.2. The Kier molecular flexibility index (Phi) is 5.34. The first kappa shape index (κ1) is 19.0. The van der Waals surface area contributed by atoms with Crippen LogP contribution >= 0.6 is 11.3 Å². The van der Waals surface area contributed by atoms with Gasteiger partial charge in [0, 0.05) is 6.61 Å². The van der Waals surface area contributed by atoms with Crippen LogP contribution in [0.1, 0.15) is 12.8 Å². The van der Waals surface area contributed by atoms with Crippen LogP contribution in [0.3, 0.4) is 0 Å². The van der Waals surface area contributed by atoms with Crippen molar-refractivity contribution < 1.29 is 14.3 Å². The smallest absolute Gasteiger partial charge is 0.266 e. The lowest BCUT2D eigenvalue weighted by atomic mass is 10.1. The quantitative estimate of drug-likeness (QED) is 0.440. The molecule has 3 aromatic carbocycles. The molecule has 0 unspecified atom stereocenters. The Balaban J connectivity index is 1.36. The first-order valence-corrected chi connectivity index (χ1v) is 11.0. The molecule has 0 spiro atoms. The van der Waals surface area contributed by atoms with Crippen molar-refractivity contribution in [1.29, 1.82) is 0 Å². The molecule has 0 N–H and O–H groups in total. The third kappa shape index (κ3) is 4.01. The van der Waals surface area contributed by atoms with E-state index in [0.717, 1.165) is 40.4 Å². The van der Waals surface area contributed by atoms with E-state index in [9.17, 15) is 4.79 Å². The molecule has 0 aliphatic carbocycles. The van der Waals surface area contributed by atoms with Crippen molar-refractivity contribution >= 4 is 43.4 Å². The van der Waals surface area contributed by atoms with Crippen LogP contribution in [0.4, 0.5) is 5.13 Å². The fraction of sp³-hybridized carbons (Fsp3) is 0.250. The Morgan fingerprint density at radius 2 is 1.93 bits per heavy atom. The summed E-state index contributed by atoms with van der Waals surface area (Å²) >= 11 is 1.52. The number of anilines is 1. The summed E-state index contributed by atoms with van der Waals surface area (Å²) in [6.07, 6.45) is 2.03. The van der Waals surface area contributed by atoms with Crippen LogP contribution in [0, 0.1) is 0 Å². The summed E-state index contributed by atoms with van der Waals surface area (Å²) in [4.78, 5) is 19.6. The van der Waals surface area contributed by atoms with E-state index in [-0.39, 0.29) is 18.6 Å². The summed E-state index contributed by atoms with van der Waals surface area (Å²) in [5, 5.41) is 2.93. The van der Waals surface area contributed by atoms with Gasteiger partial charge in [-0.05, 0) is 47.9 Å². The molecule has 30 heavy (non-hydrogen) atoms. The van der Waals surface area contributed by atoms with Gasteiger partial charge in [0.25, 0.3) is 5.91 Å². The Morgan fingerprint density at radius 3 is 2.77 bits per heavy atom. The summed E-state index contributed by atoms with van der Waals surface area (Å²) in [7, 11) is 0. The van der Waals surface area contributed by atoms with E-state index in [4.69, 9.17) is 9.47 Å². The van der Waals surface area contributed by atoms with Crippen molar-refractivity contribution in [2.75, 3.05) is 24.7 Å². The summed E-state index contributed by atoms with van der Waals surface area (Å²) in [6.45, 7) is 1.21. The number of hydrogen-bond acceptors (Lipinski definition) is 5. The number of carbonyl (C=O) groups is 1. The number of fused-ring (bicyclic) bond motifs is 2. The minimum absolute atomic E-state index is 0.0407. The minimum Gasteiger partial charge on any atom is -0.484 e. The molecule has 2 heterocycles. The van der Waals surface area contributed by atoms with Gasteiger partial charge in [0.2, 0.25) is 0 Å². The highest BCUT2D eigenvalue weighted by Gasteiger charge is 2.26. The molecule has 6 heteroatoms. The van der Waals surface area contributed by atoms with E-state index < -0.39 is 0 Å². The number of carbonyl (C=O) groups excluding carboxylic acids is 1. The van der Waals surface area contributed by atoms with E-state index in [1.807, 2.05) is 60.7 Å². The molecular weight excluding hydrogens is 396 g/mol. The van der Waals surface area contributed by atoms with Crippen LogP contribution in [0.25, 0.3) is 21.0 Å². The molecule has 5 nitrogen and oxygen atoms in total. The summed E-state index contributed by atoms with van der Waals surface area (Å²) in [5.41, 5.74) is 0.901. The zero-order chi connectivity index (χ0) is 20.3. The highest BCUT2D eigenvalue weighted by atomic mass is 32.1. The normalized spacial score (nSPS) is 16.2. The number of benzene rings is 3. The van der Waals surface area contributed by atoms with Gasteiger partial charge < -0.3 is 9.47 Å². The van der Waals surface area contributed by atoms with E-state index in [2.05, 4.69) is 11.1 Å². The zero-order valence-electron chi connectivity index (χ0n) is 16.5. The van der Waals surface area contributed by atoms with Crippen LogP contribution in [-0.2, 0) is 9.53 Å². The Morgan fingerprint density at radius 1 is 1.10 bits per heavy atom. The van der Waals surface area contributed by atoms with Gasteiger partial charge >= 0.3 is 0 Å². The van der Waals surface area contributed by atoms with Crippen LogP contribution in [-0.4, -0.2) is 36.8 Å². The number of thiazole rings is 1. The number of aromatic nitrogens is 1. The van der Waals surface area contributed by atoms with Crippen LogP contribution in [0.15, 0.2) is 66.7 Å². The van der Waals surface area contributed by atoms with Gasteiger partial charge in [0.1, 0.15) is 5.75 Å². The molecule has 1 aliphatic rings. The molecule has 0 bridgehead atoms. The van der Waals surface area contributed by atoms with Gasteiger partial charge in [-0.2, -0.15) is 0 Å². The van der Waals surface area contributed by atoms with Gasteiger partial charge in [-0.1, -0.05) is 53.8 Å². The highest BCUT2D eigenvalue weighted by Crippen LogP contribution is 2.30. The van der Waals surface area contributed by atoms with Crippen LogP contribution in [0.5, 0.6) is 5.75 Å². The third-order valence-corrected chi connectivity index (χ3v) is 6.37. The van der Waals surface area contributed by atoms with Gasteiger partial charge in [0.15, 0.2) is 11.7 Å². The van der Waals surface area contributed by atoms with Gasteiger partial charge in [-0.15, -0.1) is 0 Å². The molecule has 152 valence electrons. The number of ether oxygens (including phenoxy) is 2. The van der Waals surface area contributed by atoms with Gasteiger partial charge in [-0.3, -0.25) is 9.69 Å². The number of para-hydroxylation sites is 1. The monoisotopic (exact) mass is 418 g/mol. The SMILES string of the molecule is O=C(COc1ccc2ccccc2c1)N(C[C@H]1CCCO1)c1nc2ccccc2s1. The maximum absolute atomic E-state index is 13.2. The number of hydrogen-bond donors (Lipinski definition) is 0. The average Bonchev–Trinajstić information content (AvgIpc) is 3.45. The number of rotatable bonds is 6. The summed E-state index contributed by atoms with van der Waals surface area (Å²) < 4.78 is 12.7. The fourth-order valence-corrected chi connectivity index (χ4v) is 4.73. The molecule has 0 radical (unpaired) electrons. The number of nitrogens with zero attached hydrogens (tertiary/aromatic N) is 2. The van der Waals surface area contributed by atoms with Crippen LogP contribution < -0.4 is 9.64 Å². The largest absolute Gasteiger partial charge is 0.484 e. The lowest BCUT2D eigenvalue weighted by Gasteiger charge is -2.23. The molecule has 1 fully saturated rings. The molecule has 1 aliphatic heterocycles. The Bertz CT molecular complexity index is 1150. The van der Waals surface area contributed by atoms with Crippen molar-refractivity contribution in [2.45, 2.75) is 18.9 Å². The van der Waals surface area contributed by atoms with Crippen molar-refractivity contribution in [3.8, 4) is 5.75 Å². The molecule has 5 rings (SSSR count). The summed E-state index contributed by atoms with van der Waals surface area (Å²) in [5.74, 6) is 0.570. The predicted molar refractivity (Wildman–Crippen MR) is 120 cm³/mol. The Hall–Kier alpha value is -2.96. The first-order valence-electron chi connectivity index (χ1n) is 10.2. The van der Waals surface area contributed by atoms with E-state index in [1.165, 1.54) is 11.3 Å². The van der Waals surface area contributed by atoms with E-state index in [1.54, 1.807) is 4.90 Å². The van der Waals surface area contributed by atoms with Crippen LogP contribution in [0.2, 0.25) is 0 Å². The lowest BCUT2D eigenvalue weighted by molar-refractivity contribution is -0.120. The molecule has 1 aromatic heterocycles. The molecule has 1 amide bonds. The van der Waals surface area contributed by atoms with Crippen molar-refractivity contribution in [3.63, 3.8) is 0 Å². The second-order valence-corrected chi connectivity index (χ2v) is 8.41. The molecular formula is C24H22N2O3S. The standard InChI is InChI=1S/C24H22N2O3S/c27-23(16-29-19-12-11-17-6-1-2-7-18(17)14-19)26(15-20-8-5-13-28-20)24-25-21-9-3-4-10-22(21)30-24/h1-4,6-7,9-12,14,20H,5,8,13,15-16H2/t20-/m1/s1. The van der Waals surface area contributed by atoms with Gasteiger partial charge in [-0.25, -0.2) is 4.98 Å². The third-order valence-electron chi connectivity index (χ3n) is 5.31. The Labute approximate surface area is 178 Å². The molecule has 1 atom stereocenters. The first-order chi connectivity index (χ1) is 14.8. The molecule has 0 saturated carbocycles. The molecule has 4 aromatic rings. The highest BCUT2D eigenvalue weighted by molar-refractivity contribution is 7.22. The van der Waals surface area contributed by atoms with E-state index in [0.29, 0.717) is 17.4 Å². The number of amides is 1. The fourth-order valence-electron chi connectivity index (χ4n) is 3.73. The predicted octanol–water partition coefficient (Wildman–Crippen LogP) is 5.04. The zero-order valence-corrected chi connectivity index (χ0v) is 17.3. The van der Waals surface area contributed by atoms with Crippen molar-refractivity contribution in [3.05, 3.63) is 66.7 Å². The van der Waals surface area contributed by atoms with Gasteiger partial charge in [0.05, 0.1) is 22.9 Å². The second-order valence-electron chi connectivity index (χ2n) is 7.40. The van der Waals surface area contributed by atoms with Crippen molar-refractivity contribution in [2.24, 2.45) is 0 Å². The lowest BCUT2D eigenvalue weighted by Crippen LogP contribution is -2.40. The van der Waals surface area contributed by atoms with Crippen molar-refractivity contribution in [1.82, 2.24) is 4.98 Å². The topological polar surface area (TPSA) is 51.7 Å². The minimum atomic E-state index is -0.113. The molecule has 1 saturated heterocycles. The second kappa shape index (κ2) is 8.42.